The first-order valence-corrected chi connectivity index (χ1v) is 9.89. The van der Waals surface area contributed by atoms with Crippen LogP contribution in [0.4, 0.5) is 4.79 Å². The molecule has 3 rings (SSSR count). The number of carbonyl (C=O) groups is 1. The summed E-state index contributed by atoms with van der Waals surface area (Å²) < 4.78 is 16.9. The van der Waals surface area contributed by atoms with Crippen LogP contribution in [0.15, 0.2) is 22.6 Å². The van der Waals surface area contributed by atoms with Crippen molar-refractivity contribution in [3.63, 3.8) is 0 Å². The van der Waals surface area contributed by atoms with Crippen LogP contribution in [0.3, 0.4) is 0 Å². The molecule has 1 aliphatic carbocycles. The fourth-order valence-corrected chi connectivity index (χ4v) is 4.51. The minimum Gasteiger partial charge on any atom is -0.591 e. The maximum atomic E-state index is 12.7. The average Bonchev–Trinajstić information content (AvgIpc) is 2.79. The van der Waals surface area contributed by atoms with Crippen LogP contribution in [0.2, 0.25) is 5.02 Å². The molecule has 5 nitrogen and oxygen atoms in total. The fourth-order valence-electron chi connectivity index (χ4n) is 3.58. The lowest BCUT2D eigenvalue weighted by molar-refractivity contribution is 0.115. The number of fused-ring (bicyclic) bond motifs is 1. The third kappa shape index (κ3) is 3.52. The second-order valence-electron chi connectivity index (χ2n) is 7.83. The number of rotatable bonds is 1. The zero-order valence-corrected chi connectivity index (χ0v) is 16.3. The van der Waals surface area contributed by atoms with Gasteiger partial charge in [0.25, 0.3) is 0 Å². The van der Waals surface area contributed by atoms with Gasteiger partial charge in [-0.2, -0.15) is 0 Å². The van der Waals surface area contributed by atoms with Crippen molar-refractivity contribution >= 4 is 34.8 Å². The van der Waals surface area contributed by atoms with Gasteiger partial charge in [0.05, 0.1) is 0 Å². The van der Waals surface area contributed by atoms with E-state index in [1.165, 1.54) is 4.90 Å². The molecule has 136 valence electrons. The molecule has 1 aliphatic heterocycles. The third-order valence-corrected chi connectivity index (χ3v) is 6.67. The molecule has 7 heteroatoms. The van der Waals surface area contributed by atoms with Gasteiger partial charge in [-0.1, -0.05) is 22.1 Å². The van der Waals surface area contributed by atoms with Gasteiger partial charge >= 0.3 is 6.09 Å². The highest BCUT2D eigenvalue weighted by Crippen LogP contribution is 2.46. The molecule has 0 radical (unpaired) electrons. The molecule has 1 amide bonds. The Morgan fingerprint density at radius 3 is 2.56 bits per heavy atom. The normalized spacial score (nSPS) is 22.3. The van der Waals surface area contributed by atoms with Crippen LogP contribution < -0.4 is 0 Å². The van der Waals surface area contributed by atoms with E-state index >= 15 is 0 Å². The van der Waals surface area contributed by atoms with E-state index in [0.29, 0.717) is 31.0 Å². The van der Waals surface area contributed by atoms with Crippen molar-refractivity contribution in [3.05, 3.63) is 34.3 Å². The number of amides is 1. The Balaban J connectivity index is 2.01. The van der Waals surface area contributed by atoms with Crippen LogP contribution in [0, 0.1) is 5.41 Å². The van der Waals surface area contributed by atoms with Gasteiger partial charge in [0.1, 0.15) is 21.8 Å². The van der Waals surface area contributed by atoms with Crippen LogP contribution in [0.1, 0.15) is 44.7 Å². The van der Waals surface area contributed by atoms with Gasteiger partial charge in [0.2, 0.25) is 0 Å². The van der Waals surface area contributed by atoms with Crippen LogP contribution in [-0.4, -0.2) is 44.2 Å². The van der Waals surface area contributed by atoms with E-state index < -0.39 is 22.2 Å². The van der Waals surface area contributed by atoms with Crippen molar-refractivity contribution in [2.45, 2.75) is 44.8 Å². The number of hydrogen-bond acceptors (Lipinski definition) is 3. The number of carboxylic acid groups (broad SMARTS) is 1. The van der Waals surface area contributed by atoms with Gasteiger partial charge < -0.3 is 14.6 Å². The van der Waals surface area contributed by atoms with Gasteiger partial charge in [0, 0.05) is 29.1 Å². The first-order valence-electron chi connectivity index (χ1n) is 8.40. The van der Waals surface area contributed by atoms with Crippen LogP contribution in [0.25, 0.3) is 0 Å². The lowest BCUT2D eigenvalue weighted by Gasteiger charge is -2.38. The largest absolute Gasteiger partial charge is 0.591 e. The lowest BCUT2D eigenvalue weighted by Crippen LogP contribution is -2.45. The zero-order chi connectivity index (χ0) is 18.4. The summed E-state index contributed by atoms with van der Waals surface area (Å²) >= 11 is 4.80. The molecule has 0 bridgehead atoms. The first-order chi connectivity index (χ1) is 11.6. The first kappa shape index (κ1) is 18.5. The molecule has 1 N–H and O–H groups in total. The van der Waals surface area contributed by atoms with E-state index in [-0.39, 0.29) is 5.41 Å². The Morgan fingerprint density at radius 2 is 2.00 bits per heavy atom. The summed E-state index contributed by atoms with van der Waals surface area (Å²) in [5, 5.41) is 9.90. The molecular weight excluding hydrogens is 360 g/mol. The summed E-state index contributed by atoms with van der Waals surface area (Å²) in [6.07, 6.45) is 1.26. The molecule has 25 heavy (non-hydrogen) atoms. The summed E-state index contributed by atoms with van der Waals surface area (Å²) in [5.41, 5.74) is 2.73. The molecule has 0 saturated carbocycles. The van der Waals surface area contributed by atoms with E-state index in [2.05, 4.69) is 4.40 Å². The van der Waals surface area contributed by atoms with E-state index in [0.717, 1.165) is 23.3 Å². The number of hydrogen-bond donors (Lipinski definition) is 1. The smallest absolute Gasteiger partial charge is 0.407 e. The molecule has 1 aromatic carbocycles. The van der Waals surface area contributed by atoms with E-state index in [1.54, 1.807) is 0 Å². The monoisotopic (exact) mass is 382 g/mol. The summed E-state index contributed by atoms with van der Waals surface area (Å²) in [6, 6.07) is 5.74. The minimum atomic E-state index is -1.36. The van der Waals surface area contributed by atoms with E-state index in [9.17, 15) is 14.5 Å². The molecular formula is C18H23ClN2O3S. The van der Waals surface area contributed by atoms with Gasteiger partial charge in [-0.15, -0.1) is 0 Å². The second-order valence-corrected chi connectivity index (χ2v) is 10.2. The van der Waals surface area contributed by atoms with Gasteiger partial charge in [-0.25, -0.2) is 4.79 Å². The molecule has 0 unspecified atom stereocenters. The Labute approximate surface area is 156 Å². The standard InChI is InChI=1S/C18H23ClN2O3S/c1-17(2,3)25(24)20-15-14-5-4-13(19)10-12(14)11-18(15)6-8-21(9-7-18)16(22)23/h4-5,10H,6-9,11H2,1-3H3,(H,22,23)/b20-15-/t25-/m1/s1. The second kappa shape index (κ2) is 6.49. The Bertz CT molecular complexity index is 722. The van der Waals surface area contributed by atoms with Crippen molar-refractivity contribution in [1.29, 1.82) is 0 Å². The molecule has 1 spiro atoms. The Morgan fingerprint density at radius 1 is 1.36 bits per heavy atom. The van der Waals surface area contributed by atoms with Crippen molar-refractivity contribution in [1.82, 2.24) is 4.90 Å². The summed E-state index contributed by atoms with van der Waals surface area (Å²) in [5.74, 6) is 0. The molecule has 1 fully saturated rings. The topological polar surface area (TPSA) is 76.0 Å². The van der Waals surface area contributed by atoms with Gasteiger partial charge in [-0.3, -0.25) is 0 Å². The molecule has 2 aliphatic rings. The maximum absolute atomic E-state index is 12.7. The minimum absolute atomic E-state index is 0.250. The number of benzene rings is 1. The highest BCUT2D eigenvalue weighted by atomic mass is 35.5. The van der Waals surface area contributed by atoms with Crippen LogP contribution in [0.5, 0.6) is 0 Å². The lowest BCUT2D eigenvalue weighted by atomic mass is 9.74. The summed E-state index contributed by atoms with van der Waals surface area (Å²) in [4.78, 5) is 12.7. The molecule has 1 aromatic rings. The third-order valence-electron chi connectivity index (χ3n) is 5.04. The molecule has 0 aromatic heterocycles. The zero-order valence-electron chi connectivity index (χ0n) is 14.7. The Kier molecular flexibility index (Phi) is 4.81. The van der Waals surface area contributed by atoms with Crippen LogP contribution >= 0.6 is 11.6 Å². The van der Waals surface area contributed by atoms with Crippen molar-refractivity contribution < 1.29 is 14.5 Å². The van der Waals surface area contributed by atoms with E-state index in [4.69, 9.17) is 11.6 Å². The Hall–Kier alpha value is -1.24. The summed E-state index contributed by atoms with van der Waals surface area (Å²) in [7, 11) is 0. The van der Waals surface area contributed by atoms with Crippen LogP contribution in [-0.2, 0) is 17.8 Å². The average molecular weight is 383 g/mol. The highest BCUT2D eigenvalue weighted by molar-refractivity contribution is 7.91. The number of halogens is 1. The maximum Gasteiger partial charge on any atom is 0.407 e. The number of nitrogens with zero attached hydrogens (tertiary/aromatic N) is 2. The quantitative estimate of drug-likeness (QED) is 0.748. The van der Waals surface area contributed by atoms with E-state index in [1.807, 2.05) is 39.0 Å². The van der Waals surface area contributed by atoms with Crippen molar-refractivity contribution in [2.75, 3.05) is 13.1 Å². The fraction of sp³-hybridized carbons (Fsp3) is 0.556. The van der Waals surface area contributed by atoms with Crippen molar-refractivity contribution in [3.8, 4) is 0 Å². The predicted octanol–water partition coefficient (Wildman–Crippen LogP) is 3.91. The SMILES string of the molecule is CC(C)(C)[S@@+]([O-])/N=C1/c2ccc(Cl)cc2CC12CCN(C(=O)O)CC2. The molecule has 1 atom stereocenters. The molecule has 1 saturated heterocycles. The highest BCUT2D eigenvalue weighted by Gasteiger charge is 2.48. The molecule has 1 heterocycles. The number of likely N-dealkylation sites (tertiary alicyclic amines) is 1. The van der Waals surface area contributed by atoms with Gasteiger partial charge in [-0.05, 0) is 57.7 Å². The van der Waals surface area contributed by atoms with Gasteiger partial charge in [0.15, 0.2) is 0 Å². The van der Waals surface area contributed by atoms with Crippen molar-refractivity contribution in [2.24, 2.45) is 9.81 Å². The predicted molar refractivity (Wildman–Crippen MR) is 101 cm³/mol. The number of piperidine rings is 1. The summed E-state index contributed by atoms with van der Waals surface area (Å²) in [6.45, 7) is 6.66.